The summed E-state index contributed by atoms with van der Waals surface area (Å²) in [4.78, 5) is 0. The standard InChI is InChI=1S/C6H4Cl2.C4H10O2/c7-5-3-1-2-4-6(5)8;1-5-3-4-6-2/h1-4H;3-4H2,1-2H3. The highest BCUT2D eigenvalue weighted by Crippen LogP contribution is 2.19. The van der Waals surface area contributed by atoms with Crippen LogP contribution >= 0.6 is 23.2 Å². The minimum Gasteiger partial charge on any atom is -0.382 e. The first-order valence-electron chi connectivity index (χ1n) is 4.10. The molecule has 0 spiro atoms. The van der Waals surface area contributed by atoms with Gasteiger partial charge < -0.3 is 9.47 Å². The normalized spacial score (nSPS) is 9.14. The molecular formula is C10H14Cl2O2. The second-order valence-corrected chi connectivity index (χ2v) is 3.21. The van der Waals surface area contributed by atoms with Crippen LogP contribution in [0, 0.1) is 0 Å². The fourth-order valence-corrected chi connectivity index (χ4v) is 0.877. The molecule has 0 aliphatic carbocycles. The maximum absolute atomic E-state index is 5.58. The Labute approximate surface area is 94.7 Å². The predicted molar refractivity (Wildman–Crippen MR) is 60.2 cm³/mol. The summed E-state index contributed by atoms with van der Waals surface area (Å²) < 4.78 is 9.31. The lowest BCUT2D eigenvalue weighted by molar-refractivity contribution is 0.103. The quantitative estimate of drug-likeness (QED) is 0.751. The molecular weight excluding hydrogens is 223 g/mol. The van der Waals surface area contributed by atoms with Crippen LogP contribution < -0.4 is 0 Å². The molecule has 0 aliphatic heterocycles. The van der Waals surface area contributed by atoms with Gasteiger partial charge in [-0.1, -0.05) is 35.3 Å². The highest BCUT2D eigenvalue weighted by molar-refractivity contribution is 6.41. The average molecular weight is 237 g/mol. The molecule has 0 fully saturated rings. The minimum atomic E-state index is 0.606. The largest absolute Gasteiger partial charge is 0.382 e. The van der Waals surface area contributed by atoms with Crippen molar-refractivity contribution in [2.75, 3.05) is 27.4 Å². The molecule has 1 aromatic rings. The van der Waals surface area contributed by atoms with Gasteiger partial charge in [-0.15, -0.1) is 0 Å². The Balaban J connectivity index is 0.000000255. The number of benzene rings is 1. The molecule has 0 N–H and O–H groups in total. The molecule has 0 bridgehead atoms. The van der Waals surface area contributed by atoms with Gasteiger partial charge in [-0.05, 0) is 12.1 Å². The smallest absolute Gasteiger partial charge is 0.0696 e. The predicted octanol–water partition coefficient (Wildman–Crippen LogP) is 3.27. The highest BCUT2D eigenvalue weighted by Gasteiger charge is 1.89. The Morgan fingerprint density at radius 2 is 1.29 bits per heavy atom. The zero-order valence-electron chi connectivity index (χ0n) is 8.30. The van der Waals surface area contributed by atoms with E-state index in [0.717, 1.165) is 0 Å². The summed E-state index contributed by atoms with van der Waals surface area (Å²) in [6.07, 6.45) is 0. The van der Waals surface area contributed by atoms with Crippen LogP contribution in [0.1, 0.15) is 0 Å². The topological polar surface area (TPSA) is 18.5 Å². The Kier molecular flexibility index (Phi) is 9.10. The van der Waals surface area contributed by atoms with Crippen molar-refractivity contribution in [1.82, 2.24) is 0 Å². The summed E-state index contributed by atoms with van der Waals surface area (Å²) in [5, 5.41) is 1.21. The first kappa shape index (κ1) is 13.7. The van der Waals surface area contributed by atoms with Crippen LogP contribution in [0.15, 0.2) is 24.3 Å². The van der Waals surface area contributed by atoms with Crippen LogP contribution in [0.4, 0.5) is 0 Å². The van der Waals surface area contributed by atoms with Crippen molar-refractivity contribution in [3.63, 3.8) is 0 Å². The third-order valence-corrected chi connectivity index (χ3v) is 2.07. The monoisotopic (exact) mass is 236 g/mol. The molecule has 1 aromatic carbocycles. The second-order valence-electron chi connectivity index (χ2n) is 2.40. The van der Waals surface area contributed by atoms with Crippen molar-refractivity contribution in [3.05, 3.63) is 34.3 Å². The van der Waals surface area contributed by atoms with E-state index in [1.165, 1.54) is 0 Å². The summed E-state index contributed by atoms with van der Waals surface area (Å²) in [7, 11) is 3.30. The van der Waals surface area contributed by atoms with Crippen LogP contribution in [0.25, 0.3) is 0 Å². The lowest BCUT2D eigenvalue weighted by atomic mass is 10.4. The van der Waals surface area contributed by atoms with Gasteiger partial charge in [-0.25, -0.2) is 0 Å². The lowest BCUT2D eigenvalue weighted by Gasteiger charge is -1.91. The van der Waals surface area contributed by atoms with Crippen LogP contribution in [0.2, 0.25) is 10.0 Å². The van der Waals surface area contributed by atoms with Crippen molar-refractivity contribution >= 4 is 23.2 Å². The first-order valence-corrected chi connectivity index (χ1v) is 4.86. The maximum Gasteiger partial charge on any atom is 0.0696 e. The summed E-state index contributed by atoms with van der Waals surface area (Å²) in [6, 6.07) is 7.19. The number of halogens is 2. The van der Waals surface area contributed by atoms with E-state index in [0.29, 0.717) is 23.3 Å². The van der Waals surface area contributed by atoms with E-state index in [9.17, 15) is 0 Å². The van der Waals surface area contributed by atoms with Gasteiger partial charge >= 0.3 is 0 Å². The minimum absolute atomic E-state index is 0.606. The van der Waals surface area contributed by atoms with Gasteiger partial charge in [0.05, 0.1) is 23.3 Å². The molecule has 4 heteroatoms. The van der Waals surface area contributed by atoms with Crippen LogP contribution in [-0.2, 0) is 9.47 Å². The second kappa shape index (κ2) is 9.28. The SMILES string of the molecule is COCCOC.Clc1ccccc1Cl. The number of hydrogen-bond donors (Lipinski definition) is 0. The van der Waals surface area contributed by atoms with Gasteiger partial charge in [0.15, 0.2) is 0 Å². The molecule has 0 aliphatic rings. The third-order valence-electron chi connectivity index (χ3n) is 1.32. The molecule has 1 rings (SSSR count). The van der Waals surface area contributed by atoms with E-state index in [1.807, 2.05) is 12.1 Å². The summed E-state index contributed by atoms with van der Waals surface area (Å²) >= 11 is 11.2. The molecule has 0 unspecified atom stereocenters. The summed E-state index contributed by atoms with van der Waals surface area (Å²) in [6.45, 7) is 1.38. The van der Waals surface area contributed by atoms with Gasteiger partial charge in [0.25, 0.3) is 0 Å². The lowest BCUT2D eigenvalue weighted by Crippen LogP contribution is -1.96. The van der Waals surface area contributed by atoms with Gasteiger partial charge in [-0.3, -0.25) is 0 Å². The van der Waals surface area contributed by atoms with E-state index in [-0.39, 0.29) is 0 Å². The number of methoxy groups -OCH3 is 2. The zero-order chi connectivity index (χ0) is 10.8. The third kappa shape index (κ3) is 7.15. The van der Waals surface area contributed by atoms with E-state index in [4.69, 9.17) is 23.2 Å². The Hall–Kier alpha value is -0.280. The van der Waals surface area contributed by atoms with Crippen molar-refractivity contribution in [1.29, 1.82) is 0 Å². The van der Waals surface area contributed by atoms with Gasteiger partial charge in [0.1, 0.15) is 0 Å². The Morgan fingerprint density at radius 1 is 0.929 bits per heavy atom. The Morgan fingerprint density at radius 3 is 1.50 bits per heavy atom. The van der Waals surface area contributed by atoms with Crippen molar-refractivity contribution in [2.24, 2.45) is 0 Å². The zero-order valence-corrected chi connectivity index (χ0v) is 9.81. The van der Waals surface area contributed by atoms with Crippen LogP contribution in [0.3, 0.4) is 0 Å². The molecule has 0 atom stereocenters. The molecule has 0 saturated carbocycles. The molecule has 0 heterocycles. The van der Waals surface area contributed by atoms with Crippen molar-refractivity contribution in [2.45, 2.75) is 0 Å². The van der Waals surface area contributed by atoms with Crippen molar-refractivity contribution < 1.29 is 9.47 Å². The Bertz CT molecular complexity index is 216. The number of hydrogen-bond acceptors (Lipinski definition) is 2. The number of rotatable bonds is 3. The molecule has 14 heavy (non-hydrogen) atoms. The fourth-order valence-electron chi connectivity index (χ4n) is 0.606. The van der Waals surface area contributed by atoms with E-state index in [2.05, 4.69) is 9.47 Å². The molecule has 0 radical (unpaired) electrons. The fraction of sp³-hybridized carbons (Fsp3) is 0.400. The molecule has 80 valence electrons. The molecule has 2 nitrogen and oxygen atoms in total. The summed E-state index contributed by atoms with van der Waals surface area (Å²) in [5.74, 6) is 0. The average Bonchev–Trinajstić information content (AvgIpc) is 2.20. The van der Waals surface area contributed by atoms with Crippen LogP contribution in [-0.4, -0.2) is 27.4 Å². The van der Waals surface area contributed by atoms with Gasteiger partial charge in [0.2, 0.25) is 0 Å². The molecule has 0 amide bonds. The first-order chi connectivity index (χ1) is 6.72. The summed E-state index contributed by atoms with van der Waals surface area (Å²) in [5.41, 5.74) is 0. The van der Waals surface area contributed by atoms with Crippen LogP contribution in [0.5, 0.6) is 0 Å². The number of ether oxygens (including phenoxy) is 2. The highest BCUT2D eigenvalue weighted by atomic mass is 35.5. The van der Waals surface area contributed by atoms with E-state index < -0.39 is 0 Å². The van der Waals surface area contributed by atoms with E-state index in [1.54, 1.807) is 26.4 Å². The van der Waals surface area contributed by atoms with Crippen molar-refractivity contribution in [3.8, 4) is 0 Å². The van der Waals surface area contributed by atoms with E-state index >= 15 is 0 Å². The maximum atomic E-state index is 5.58. The molecule has 0 aromatic heterocycles. The van der Waals surface area contributed by atoms with Gasteiger partial charge in [0, 0.05) is 14.2 Å². The molecule has 0 saturated heterocycles. The van der Waals surface area contributed by atoms with Gasteiger partial charge in [-0.2, -0.15) is 0 Å².